The number of hydrogen-bond donors (Lipinski definition) is 1. The quantitative estimate of drug-likeness (QED) is 0.735. The number of ketones is 1. The Labute approximate surface area is 134 Å². The van der Waals surface area contributed by atoms with Gasteiger partial charge in [0, 0.05) is 6.42 Å². The molecular weight excluding hydrogens is 272 g/mol. The van der Waals surface area contributed by atoms with Gasteiger partial charge in [-0.25, -0.2) is 0 Å². The van der Waals surface area contributed by atoms with E-state index in [1.54, 1.807) is 0 Å². The molecule has 2 nitrogen and oxygen atoms in total. The number of fused-ring (bicyclic) bond motifs is 5. The first-order valence-corrected chi connectivity index (χ1v) is 9.33. The first kappa shape index (κ1) is 14.9. The SMILES string of the molecule is CC1C[C@H]2[C@@H]3C(C)CC4=CC(=O)CC[C@@H]4[C@H]3CC[C@]2(C)C1O. The van der Waals surface area contributed by atoms with Crippen LogP contribution < -0.4 is 0 Å². The molecule has 0 radical (unpaired) electrons. The fourth-order valence-corrected chi connectivity index (χ4v) is 6.93. The maximum Gasteiger partial charge on any atom is 0.155 e. The molecule has 8 atom stereocenters. The van der Waals surface area contributed by atoms with Crippen molar-refractivity contribution in [3.63, 3.8) is 0 Å². The third-order valence-electron chi connectivity index (χ3n) is 7.92. The number of rotatable bonds is 0. The van der Waals surface area contributed by atoms with E-state index in [2.05, 4.69) is 20.8 Å². The van der Waals surface area contributed by atoms with Crippen LogP contribution in [0, 0.1) is 40.9 Å². The second kappa shape index (κ2) is 4.93. The molecule has 0 aromatic heterocycles. The summed E-state index contributed by atoms with van der Waals surface area (Å²) in [7, 11) is 0. The maximum absolute atomic E-state index is 11.8. The highest BCUT2D eigenvalue weighted by atomic mass is 16.3. The monoisotopic (exact) mass is 302 g/mol. The van der Waals surface area contributed by atoms with Gasteiger partial charge in [-0.05, 0) is 79.1 Å². The minimum Gasteiger partial charge on any atom is -0.392 e. The highest BCUT2D eigenvalue weighted by molar-refractivity contribution is 5.91. The summed E-state index contributed by atoms with van der Waals surface area (Å²) in [6.07, 6.45) is 8.46. The Morgan fingerprint density at radius 2 is 2.00 bits per heavy atom. The molecule has 0 heterocycles. The Balaban J connectivity index is 1.69. The molecule has 0 spiro atoms. The van der Waals surface area contributed by atoms with Crippen molar-refractivity contribution in [2.75, 3.05) is 0 Å². The number of aliphatic hydroxyl groups is 1. The van der Waals surface area contributed by atoms with E-state index < -0.39 is 0 Å². The van der Waals surface area contributed by atoms with Crippen molar-refractivity contribution < 1.29 is 9.90 Å². The molecular formula is C20H30O2. The van der Waals surface area contributed by atoms with Crippen molar-refractivity contribution in [2.45, 2.75) is 65.4 Å². The summed E-state index contributed by atoms with van der Waals surface area (Å²) in [4.78, 5) is 11.8. The minimum atomic E-state index is -0.115. The summed E-state index contributed by atoms with van der Waals surface area (Å²) in [6.45, 7) is 6.99. The summed E-state index contributed by atoms with van der Waals surface area (Å²) in [6, 6.07) is 0. The van der Waals surface area contributed by atoms with E-state index in [0.29, 0.717) is 29.5 Å². The minimum absolute atomic E-state index is 0.115. The summed E-state index contributed by atoms with van der Waals surface area (Å²) >= 11 is 0. The Morgan fingerprint density at radius 1 is 1.23 bits per heavy atom. The fourth-order valence-electron chi connectivity index (χ4n) is 6.93. The van der Waals surface area contributed by atoms with Crippen molar-refractivity contribution in [1.82, 2.24) is 0 Å². The molecule has 4 aliphatic carbocycles. The zero-order valence-electron chi connectivity index (χ0n) is 14.2. The standard InChI is InChI=1S/C20H30O2/c1-11-8-13-10-14(21)4-5-15(13)16-6-7-20(3)17(18(11)16)9-12(2)19(20)22/h10-12,15-19,22H,4-9H2,1-3H3/t11?,12?,15-,16+,17-,18+,19?,20-/m0/s1. The Morgan fingerprint density at radius 3 is 2.77 bits per heavy atom. The van der Waals surface area contributed by atoms with Gasteiger partial charge in [0.2, 0.25) is 0 Å². The fraction of sp³-hybridized carbons (Fsp3) is 0.850. The van der Waals surface area contributed by atoms with Gasteiger partial charge in [-0.2, -0.15) is 0 Å². The van der Waals surface area contributed by atoms with E-state index >= 15 is 0 Å². The lowest BCUT2D eigenvalue weighted by Gasteiger charge is -2.55. The summed E-state index contributed by atoms with van der Waals surface area (Å²) in [5.41, 5.74) is 1.60. The van der Waals surface area contributed by atoms with Gasteiger partial charge in [0.25, 0.3) is 0 Å². The van der Waals surface area contributed by atoms with Crippen LogP contribution in [0.4, 0.5) is 0 Å². The zero-order valence-corrected chi connectivity index (χ0v) is 14.2. The van der Waals surface area contributed by atoms with Gasteiger partial charge in [0.15, 0.2) is 5.78 Å². The smallest absolute Gasteiger partial charge is 0.155 e. The number of carbonyl (C=O) groups is 1. The average Bonchev–Trinajstić information content (AvgIpc) is 2.70. The van der Waals surface area contributed by atoms with E-state index in [1.165, 1.54) is 24.8 Å². The van der Waals surface area contributed by atoms with Crippen LogP contribution in [0.3, 0.4) is 0 Å². The second-order valence-corrected chi connectivity index (χ2v) is 9.06. The van der Waals surface area contributed by atoms with E-state index in [4.69, 9.17) is 0 Å². The lowest BCUT2D eigenvalue weighted by Crippen LogP contribution is -2.50. The van der Waals surface area contributed by atoms with Crippen molar-refractivity contribution in [2.24, 2.45) is 40.9 Å². The summed E-state index contributed by atoms with van der Waals surface area (Å²) < 4.78 is 0. The molecule has 0 aliphatic heterocycles. The van der Waals surface area contributed by atoms with Crippen LogP contribution in [0.1, 0.15) is 59.3 Å². The van der Waals surface area contributed by atoms with Gasteiger partial charge < -0.3 is 5.11 Å². The maximum atomic E-state index is 11.8. The van der Waals surface area contributed by atoms with E-state index in [1.807, 2.05) is 6.08 Å². The third kappa shape index (κ3) is 1.92. The first-order valence-electron chi connectivity index (χ1n) is 9.33. The van der Waals surface area contributed by atoms with Gasteiger partial charge in [0.1, 0.15) is 0 Å². The number of hydrogen-bond acceptors (Lipinski definition) is 2. The Kier molecular flexibility index (Phi) is 3.35. The molecule has 1 N–H and O–H groups in total. The van der Waals surface area contributed by atoms with Crippen LogP contribution >= 0.6 is 0 Å². The molecule has 3 fully saturated rings. The van der Waals surface area contributed by atoms with Gasteiger partial charge in [-0.3, -0.25) is 4.79 Å². The molecule has 4 rings (SSSR count). The van der Waals surface area contributed by atoms with Gasteiger partial charge in [0.05, 0.1) is 6.10 Å². The Bertz CT molecular complexity index is 522. The van der Waals surface area contributed by atoms with Crippen LogP contribution in [0.2, 0.25) is 0 Å². The predicted molar refractivity (Wildman–Crippen MR) is 87.2 cm³/mol. The van der Waals surface area contributed by atoms with Crippen molar-refractivity contribution >= 4 is 5.78 Å². The van der Waals surface area contributed by atoms with Crippen molar-refractivity contribution in [3.8, 4) is 0 Å². The lowest BCUT2D eigenvalue weighted by atomic mass is 9.49. The van der Waals surface area contributed by atoms with Crippen LogP contribution in [0.5, 0.6) is 0 Å². The predicted octanol–water partition coefficient (Wildman–Crippen LogP) is 3.98. The molecule has 3 saturated carbocycles. The Hall–Kier alpha value is -0.630. The van der Waals surface area contributed by atoms with Gasteiger partial charge in [-0.1, -0.05) is 26.3 Å². The normalized spacial score (nSPS) is 54.3. The third-order valence-corrected chi connectivity index (χ3v) is 7.92. The highest BCUT2D eigenvalue weighted by Crippen LogP contribution is 2.64. The van der Waals surface area contributed by atoms with Crippen LogP contribution in [0.15, 0.2) is 11.6 Å². The van der Waals surface area contributed by atoms with Gasteiger partial charge >= 0.3 is 0 Å². The number of carbonyl (C=O) groups excluding carboxylic acids is 1. The van der Waals surface area contributed by atoms with Crippen LogP contribution in [0.25, 0.3) is 0 Å². The molecule has 3 unspecified atom stereocenters. The molecule has 22 heavy (non-hydrogen) atoms. The topological polar surface area (TPSA) is 37.3 Å². The molecule has 0 saturated heterocycles. The molecule has 2 heteroatoms. The highest BCUT2D eigenvalue weighted by Gasteiger charge is 2.59. The molecule has 122 valence electrons. The van der Waals surface area contributed by atoms with Crippen LogP contribution in [-0.2, 0) is 4.79 Å². The number of aliphatic hydroxyl groups excluding tert-OH is 1. The molecule has 0 aromatic rings. The molecule has 0 bridgehead atoms. The molecule has 0 amide bonds. The van der Waals surface area contributed by atoms with Gasteiger partial charge in [-0.15, -0.1) is 0 Å². The van der Waals surface area contributed by atoms with Crippen molar-refractivity contribution in [1.29, 1.82) is 0 Å². The van der Waals surface area contributed by atoms with E-state index in [9.17, 15) is 9.90 Å². The van der Waals surface area contributed by atoms with E-state index in [0.717, 1.165) is 31.1 Å². The first-order chi connectivity index (χ1) is 10.4. The average molecular weight is 302 g/mol. The van der Waals surface area contributed by atoms with E-state index in [-0.39, 0.29) is 11.5 Å². The number of allylic oxidation sites excluding steroid dienone is 1. The molecule has 4 aliphatic rings. The van der Waals surface area contributed by atoms with Crippen molar-refractivity contribution in [3.05, 3.63) is 11.6 Å². The van der Waals surface area contributed by atoms with Crippen LogP contribution in [-0.4, -0.2) is 17.0 Å². The zero-order chi connectivity index (χ0) is 15.6. The summed E-state index contributed by atoms with van der Waals surface area (Å²) in [5.74, 6) is 4.34. The largest absolute Gasteiger partial charge is 0.392 e. The summed E-state index contributed by atoms with van der Waals surface area (Å²) in [5, 5.41) is 10.7. The second-order valence-electron chi connectivity index (χ2n) is 9.06. The molecule has 0 aromatic carbocycles. The lowest BCUT2D eigenvalue weighted by molar-refractivity contribution is -0.116.